The van der Waals surface area contributed by atoms with Crippen molar-refractivity contribution in [3.63, 3.8) is 0 Å². The Morgan fingerprint density at radius 3 is 2.43 bits per heavy atom. The maximum Gasteiger partial charge on any atom is 0.285 e. The van der Waals surface area contributed by atoms with Crippen molar-refractivity contribution in [3.8, 4) is 11.7 Å². The Bertz CT molecular complexity index is 1020. The van der Waals surface area contributed by atoms with Crippen molar-refractivity contribution in [2.75, 3.05) is 12.4 Å². The number of benzene rings is 2. The second-order valence-electron chi connectivity index (χ2n) is 6.25. The highest BCUT2D eigenvalue weighted by Gasteiger charge is 2.06. The van der Waals surface area contributed by atoms with E-state index in [1.54, 1.807) is 43.5 Å². The lowest BCUT2D eigenvalue weighted by Crippen LogP contribution is -2.17. The molecule has 0 saturated heterocycles. The number of hydrogen-bond donors (Lipinski definition) is 2. The molecule has 0 radical (unpaired) electrons. The number of hydrazone groups is 1. The molecule has 0 saturated carbocycles. The maximum absolute atomic E-state index is 12.1. The van der Waals surface area contributed by atoms with Crippen molar-refractivity contribution >= 4 is 23.7 Å². The third kappa shape index (κ3) is 5.96. The first-order valence-corrected chi connectivity index (χ1v) is 9.10. The molecule has 0 atom stereocenters. The average molecular weight is 407 g/mol. The van der Waals surface area contributed by atoms with Crippen molar-refractivity contribution in [1.29, 1.82) is 0 Å². The van der Waals surface area contributed by atoms with E-state index in [1.807, 2.05) is 24.3 Å². The quantitative estimate of drug-likeness (QED) is 0.439. The molecule has 3 aromatic rings. The highest BCUT2D eigenvalue weighted by Crippen LogP contribution is 2.18. The van der Waals surface area contributed by atoms with Crippen molar-refractivity contribution in [1.82, 2.24) is 5.43 Å². The lowest BCUT2D eigenvalue weighted by molar-refractivity contribution is -0.114. The standard InChI is InChI=1S/C22H21N3O5/c1-15(26)24-18-7-5-17(6-8-18)22(27)25-23-13-20-11-12-21(30-20)29-14-16-3-9-19(28-2)10-4-16/h3-13H,14H2,1-2H3,(H,24,26)(H,25,27)/b23-13+. The molecule has 0 spiro atoms. The number of amides is 2. The Morgan fingerprint density at radius 2 is 1.77 bits per heavy atom. The van der Waals surface area contributed by atoms with E-state index < -0.39 is 0 Å². The predicted molar refractivity (Wildman–Crippen MR) is 112 cm³/mol. The van der Waals surface area contributed by atoms with Crippen molar-refractivity contribution in [2.45, 2.75) is 13.5 Å². The molecule has 0 unspecified atom stereocenters. The van der Waals surface area contributed by atoms with Crippen LogP contribution in [0.5, 0.6) is 11.7 Å². The summed E-state index contributed by atoms with van der Waals surface area (Å²) in [6.07, 6.45) is 1.38. The van der Waals surface area contributed by atoms with E-state index in [0.717, 1.165) is 11.3 Å². The Morgan fingerprint density at radius 1 is 1.03 bits per heavy atom. The van der Waals surface area contributed by atoms with Crippen LogP contribution >= 0.6 is 0 Å². The highest BCUT2D eigenvalue weighted by molar-refractivity contribution is 5.95. The molecule has 8 nitrogen and oxygen atoms in total. The molecule has 154 valence electrons. The summed E-state index contributed by atoms with van der Waals surface area (Å²) in [5.41, 5.74) is 4.41. The first kappa shape index (κ1) is 20.7. The number of methoxy groups -OCH3 is 1. The summed E-state index contributed by atoms with van der Waals surface area (Å²) in [6.45, 7) is 1.76. The van der Waals surface area contributed by atoms with Gasteiger partial charge in [-0.1, -0.05) is 12.1 Å². The summed E-state index contributed by atoms with van der Waals surface area (Å²) in [5, 5.41) is 6.52. The molecular weight excluding hydrogens is 386 g/mol. The monoisotopic (exact) mass is 407 g/mol. The minimum Gasteiger partial charge on any atom is -0.497 e. The van der Waals surface area contributed by atoms with Crippen molar-refractivity contribution in [3.05, 3.63) is 77.6 Å². The fraction of sp³-hybridized carbons (Fsp3) is 0.136. The molecule has 0 aliphatic carbocycles. The maximum atomic E-state index is 12.1. The zero-order valence-electron chi connectivity index (χ0n) is 16.5. The largest absolute Gasteiger partial charge is 0.497 e. The summed E-state index contributed by atoms with van der Waals surface area (Å²) in [4.78, 5) is 23.1. The van der Waals surface area contributed by atoms with Gasteiger partial charge in [0.15, 0.2) is 5.76 Å². The van der Waals surface area contributed by atoms with Crippen LogP contribution in [0.1, 0.15) is 28.6 Å². The van der Waals surface area contributed by atoms with Crippen molar-refractivity contribution in [2.24, 2.45) is 5.10 Å². The third-order valence-corrected chi connectivity index (χ3v) is 3.97. The second-order valence-corrected chi connectivity index (χ2v) is 6.25. The molecule has 0 aliphatic rings. The fourth-order valence-electron chi connectivity index (χ4n) is 2.48. The predicted octanol–water partition coefficient (Wildman–Crippen LogP) is 3.59. The summed E-state index contributed by atoms with van der Waals surface area (Å²) in [7, 11) is 1.61. The van der Waals surface area contributed by atoms with E-state index in [1.165, 1.54) is 13.1 Å². The number of anilines is 1. The fourth-order valence-corrected chi connectivity index (χ4v) is 2.48. The van der Waals surface area contributed by atoms with E-state index in [2.05, 4.69) is 15.8 Å². The van der Waals surface area contributed by atoms with Crippen LogP contribution in [0, 0.1) is 0 Å². The summed E-state index contributed by atoms with van der Waals surface area (Å²) >= 11 is 0. The van der Waals surface area contributed by atoms with E-state index in [4.69, 9.17) is 13.9 Å². The van der Waals surface area contributed by atoms with Gasteiger partial charge >= 0.3 is 0 Å². The smallest absolute Gasteiger partial charge is 0.285 e. The number of carbonyl (C=O) groups excluding carboxylic acids is 2. The Labute approximate surface area is 173 Å². The minimum atomic E-state index is -0.386. The average Bonchev–Trinajstić information content (AvgIpc) is 3.20. The molecule has 0 aliphatic heterocycles. The highest BCUT2D eigenvalue weighted by atomic mass is 16.6. The van der Waals surface area contributed by atoms with Crippen LogP contribution in [0.2, 0.25) is 0 Å². The van der Waals surface area contributed by atoms with Crippen LogP contribution in [0.25, 0.3) is 0 Å². The van der Waals surface area contributed by atoms with Gasteiger partial charge in [-0.05, 0) is 48.0 Å². The molecule has 30 heavy (non-hydrogen) atoms. The number of ether oxygens (including phenoxy) is 2. The SMILES string of the molecule is COc1ccc(COc2ccc(/C=N/NC(=O)c3ccc(NC(C)=O)cc3)o2)cc1. The zero-order chi connectivity index (χ0) is 21.3. The molecule has 3 rings (SSSR count). The lowest BCUT2D eigenvalue weighted by Gasteiger charge is -2.04. The number of carbonyl (C=O) groups is 2. The third-order valence-electron chi connectivity index (χ3n) is 3.97. The number of hydrogen-bond acceptors (Lipinski definition) is 6. The second kappa shape index (κ2) is 9.92. The van der Waals surface area contributed by atoms with Gasteiger partial charge in [0.05, 0.1) is 13.3 Å². The van der Waals surface area contributed by atoms with Crippen LogP contribution in [-0.2, 0) is 11.4 Å². The molecule has 8 heteroatoms. The number of furan rings is 1. The molecule has 0 fully saturated rings. The van der Waals surface area contributed by atoms with Gasteiger partial charge in [-0.25, -0.2) is 5.43 Å². The topological polar surface area (TPSA) is 102 Å². The van der Waals surface area contributed by atoms with Gasteiger partial charge in [0.2, 0.25) is 5.91 Å². The normalized spacial score (nSPS) is 10.6. The molecule has 1 aromatic heterocycles. The molecule has 0 bridgehead atoms. The van der Waals surface area contributed by atoms with Gasteiger partial charge in [-0.2, -0.15) is 5.10 Å². The molecule has 1 heterocycles. The van der Waals surface area contributed by atoms with Gasteiger partial charge in [0.1, 0.15) is 12.4 Å². The van der Waals surface area contributed by atoms with E-state index in [0.29, 0.717) is 29.6 Å². The van der Waals surface area contributed by atoms with Crippen LogP contribution in [0.3, 0.4) is 0 Å². The summed E-state index contributed by atoms with van der Waals surface area (Å²) in [6, 6.07) is 17.3. The molecule has 2 N–H and O–H groups in total. The van der Waals surface area contributed by atoms with Crippen LogP contribution in [0.4, 0.5) is 5.69 Å². The Kier molecular flexibility index (Phi) is 6.83. The minimum absolute atomic E-state index is 0.178. The van der Waals surface area contributed by atoms with E-state index in [-0.39, 0.29) is 11.8 Å². The van der Waals surface area contributed by atoms with E-state index in [9.17, 15) is 9.59 Å². The van der Waals surface area contributed by atoms with Crippen LogP contribution in [-0.4, -0.2) is 25.1 Å². The van der Waals surface area contributed by atoms with Gasteiger partial charge in [0.25, 0.3) is 11.9 Å². The summed E-state index contributed by atoms with van der Waals surface area (Å²) in [5.74, 6) is 0.986. The van der Waals surface area contributed by atoms with Crippen LogP contribution in [0.15, 0.2) is 70.2 Å². The Hall–Kier alpha value is -4.07. The van der Waals surface area contributed by atoms with Gasteiger partial charge in [-0.3, -0.25) is 9.59 Å². The van der Waals surface area contributed by atoms with E-state index >= 15 is 0 Å². The van der Waals surface area contributed by atoms with Gasteiger partial charge < -0.3 is 19.2 Å². The number of rotatable bonds is 8. The first-order chi connectivity index (χ1) is 14.5. The lowest BCUT2D eigenvalue weighted by atomic mass is 10.2. The van der Waals surface area contributed by atoms with Crippen molar-refractivity contribution < 1.29 is 23.5 Å². The zero-order valence-corrected chi connectivity index (χ0v) is 16.5. The number of nitrogens with one attached hydrogen (secondary N) is 2. The molecular formula is C22H21N3O5. The van der Waals surface area contributed by atoms with Gasteiger partial charge in [0, 0.05) is 24.2 Å². The van der Waals surface area contributed by atoms with Crippen LogP contribution < -0.4 is 20.2 Å². The number of nitrogens with zero attached hydrogens (tertiary/aromatic N) is 1. The molecule has 2 aromatic carbocycles. The first-order valence-electron chi connectivity index (χ1n) is 9.10. The molecule has 2 amide bonds. The van der Waals surface area contributed by atoms with Gasteiger partial charge in [-0.15, -0.1) is 0 Å². The summed E-state index contributed by atoms with van der Waals surface area (Å²) < 4.78 is 16.2. The Balaban J connectivity index is 1.48.